The SMILES string of the molecule is O=CN/N=C(\C=C(\C(=O)NCCO)c1cn[nH]c1)c1ccc(OC(F)F)cc1. The van der Waals surface area contributed by atoms with Crippen molar-refractivity contribution in [2.75, 3.05) is 13.2 Å². The Hall–Kier alpha value is -3.60. The van der Waals surface area contributed by atoms with Crippen LogP contribution in [0, 0.1) is 0 Å². The number of nitrogens with one attached hydrogen (secondary N) is 3. The first-order chi connectivity index (χ1) is 13.5. The van der Waals surface area contributed by atoms with Crippen molar-refractivity contribution in [1.29, 1.82) is 0 Å². The second-order valence-electron chi connectivity index (χ2n) is 5.17. The summed E-state index contributed by atoms with van der Waals surface area (Å²) in [6.45, 7) is -3.17. The molecule has 4 N–H and O–H groups in total. The van der Waals surface area contributed by atoms with Crippen molar-refractivity contribution in [3.63, 3.8) is 0 Å². The first kappa shape index (κ1) is 20.7. The lowest BCUT2D eigenvalue weighted by Gasteiger charge is -2.09. The fourth-order valence-corrected chi connectivity index (χ4v) is 2.16. The van der Waals surface area contributed by atoms with Crippen LogP contribution in [0.3, 0.4) is 0 Å². The summed E-state index contributed by atoms with van der Waals surface area (Å²) in [5, 5.41) is 21.7. The number of allylic oxidation sites excluding steroid dienone is 1. The Balaban J connectivity index is 2.41. The van der Waals surface area contributed by atoms with Gasteiger partial charge in [-0.1, -0.05) is 0 Å². The number of rotatable bonds is 10. The zero-order valence-corrected chi connectivity index (χ0v) is 14.4. The molecule has 0 aliphatic rings. The third kappa shape index (κ3) is 5.99. The Labute approximate surface area is 158 Å². The quantitative estimate of drug-likeness (QED) is 0.204. The van der Waals surface area contributed by atoms with E-state index < -0.39 is 12.5 Å². The molecule has 0 fully saturated rings. The minimum absolute atomic E-state index is 0.0345. The topological polar surface area (TPSA) is 129 Å². The van der Waals surface area contributed by atoms with Crippen LogP contribution in [0.5, 0.6) is 5.75 Å². The Morgan fingerprint density at radius 2 is 2.07 bits per heavy atom. The Morgan fingerprint density at radius 3 is 2.64 bits per heavy atom. The van der Waals surface area contributed by atoms with E-state index in [0.29, 0.717) is 17.5 Å². The van der Waals surface area contributed by atoms with Crippen molar-refractivity contribution in [3.05, 3.63) is 53.9 Å². The van der Waals surface area contributed by atoms with Crippen molar-refractivity contribution in [2.45, 2.75) is 6.61 Å². The maximum absolute atomic E-state index is 12.4. The van der Waals surface area contributed by atoms with Crippen molar-refractivity contribution < 1.29 is 28.2 Å². The number of carbonyl (C=O) groups excluding carboxylic acids is 2. The molecule has 28 heavy (non-hydrogen) atoms. The molecule has 2 amide bonds. The number of nitrogens with zero attached hydrogens (tertiary/aromatic N) is 2. The number of H-pyrrole nitrogens is 1. The predicted molar refractivity (Wildman–Crippen MR) is 95.5 cm³/mol. The summed E-state index contributed by atoms with van der Waals surface area (Å²) in [6, 6.07) is 5.49. The molecule has 9 nitrogen and oxygen atoms in total. The summed E-state index contributed by atoms with van der Waals surface area (Å²) in [5.74, 6) is -0.562. The average molecular weight is 393 g/mol. The van der Waals surface area contributed by atoms with Gasteiger partial charge in [-0.05, 0) is 30.3 Å². The van der Waals surface area contributed by atoms with E-state index in [2.05, 4.69) is 30.8 Å². The Morgan fingerprint density at radius 1 is 1.32 bits per heavy atom. The third-order valence-electron chi connectivity index (χ3n) is 3.35. The molecule has 0 aliphatic heterocycles. The fraction of sp³-hybridized carbons (Fsp3) is 0.176. The highest BCUT2D eigenvalue weighted by atomic mass is 19.3. The van der Waals surface area contributed by atoms with E-state index >= 15 is 0 Å². The molecule has 0 bridgehead atoms. The summed E-state index contributed by atoms with van der Waals surface area (Å²) in [7, 11) is 0. The molecular weight excluding hydrogens is 376 g/mol. The van der Waals surface area contributed by atoms with Crippen LogP contribution >= 0.6 is 0 Å². The molecule has 2 aromatic rings. The summed E-state index contributed by atoms with van der Waals surface area (Å²) in [6.07, 6.45) is 4.62. The second kappa shape index (κ2) is 10.5. The number of aromatic amines is 1. The second-order valence-corrected chi connectivity index (χ2v) is 5.17. The van der Waals surface area contributed by atoms with Crippen LogP contribution in [0.2, 0.25) is 0 Å². The average Bonchev–Trinajstić information content (AvgIpc) is 3.21. The standard InChI is InChI=1S/C17H17F2N5O4/c18-17(19)28-13-3-1-11(2-4-13)15(24-23-10-26)7-14(12-8-21-22-9-12)16(27)20-5-6-25/h1-4,7-10,17,25H,5-6H2,(H,20,27)(H,21,22)(H,23,26)/b14-7+,24-15+. The lowest BCUT2D eigenvalue weighted by molar-refractivity contribution is -0.115. The number of hydrogen-bond acceptors (Lipinski definition) is 6. The molecule has 0 unspecified atom stereocenters. The molecule has 2 rings (SSSR count). The van der Waals surface area contributed by atoms with E-state index in [1.165, 1.54) is 42.7 Å². The van der Waals surface area contributed by atoms with E-state index in [0.717, 1.165) is 0 Å². The summed E-state index contributed by atoms with van der Waals surface area (Å²) >= 11 is 0. The number of alkyl halides is 2. The minimum atomic E-state index is -2.96. The highest BCUT2D eigenvalue weighted by Gasteiger charge is 2.15. The molecule has 0 radical (unpaired) electrons. The van der Waals surface area contributed by atoms with Gasteiger partial charge < -0.3 is 15.2 Å². The van der Waals surface area contributed by atoms with Gasteiger partial charge in [-0.3, -0.25) is 14.7 Å². The van der Waals surface area contributed by atoms with Gasteiger partial charge in [0, 0.05) is 23.9 Å². The van der Waals surface area contributed by atoms with Crippen LogP contribution in [-0.4, -0.2) is 53.1 Å². The van der Waals surface area contributed by atoms with E-state index in [4.69, 9.17) is 5.11 Å². The monoisotopic (exact) mass is 393 g/mol. The summed E-state index contributed by atoms with van der Waals surface area (Å²) in [4.78, 5) is 23.1. The molecule has 11 heteroatoms. The smallest absolute Gasteiger partial charge is 0.387 e. The van der Waals surface area contributed by atoms with E-state index in [1.54, 1.807) is 0 Å². The number of amides is 2. The molecule has 0 saturated carbocycles. The fourth-order valence-electron chi connectivity index (χ4n) is 2.16. The largest absolute Gasteiger partial charge is 0.435 e. The van der Waals surface area contributed by atoms with Gasteiger partial charge in [0.05, 0.1) is 24.1 Å². The zero-order chi connectivity index (χ0) is 20.4. The molecule has 0 spiro atoms. The molecule has 148 valence electrons. The van der Waals surface area contributed by atoms with E-state index in [-0.39, 0.29) is 30.2 Å². The molecule has 0 atom stereocenters. The molecule has 1 aromatic heterocycles. The highest BCUT2D eigenvalue weighted by molar-refractivity contribution is 6.26. The van der Waals surface area contributed by atoms with Crippen molar-refractivity contribution in [2.24, 2.45) is 5.10 Å². The number of hydrogen-bond donors (Lipinski definition) is 4. The lowest BCUT2D eigenvalue weighted by atomic mass is 10.0. The first-order valence-corrected chi connectivity index (χ1v) is 7.97. The number of hydrazone groups is 1. The summed E-state index contributed by atoms with van der Waals surface area (Å²) < 4.78 is 28.9. The maximum atomic E-state index is 12.4. The number of halogens is 2. The summed E-state index contributed by atoms with van der Waals surface area (Å²) in [5.41, 5.74) is 3.33. The number of aliphatic hydroxyl groups excluding tert-OH is 1. The van der Waals surface area contributed by atoms with Crippen LogP contribution in [0.15, 0.2) is 47.8 Å². The van der Waals surface area contributed by atoms with Crippen molar-refractivity contribution in [3.8, 4) is 5.75 Å². The van der Waals surface area contributed by atoms with Gasteiger partial charge in [0.1, 0.15) is 5.75 Å². The molecule has 1 heterocycles. The van der Waals surface area contributed by atoms with Gasteiger partial charge in [0.25, 0.3) is 5.91 Å². The van der Waals surface area contributed by atoms with E-state index in [9.17, 15) is 18.4 Å². The number of benzene rings is 1. The number of carbonyl (C=O) groups is 2. The Bertz CT molecular complexity index is 836. The number of ether oxygens (including phenoxy) is 1. The first-order valence-electron chi connectivity index (χ1n) is 7.97. The van der Waals surface area contributed by atoms with Crippen LogP contribution in [0.25, 0.3) is 5.57 Å². The number of aliphatic hydroxyl groups is 1. The van der Waals surface area contributed by atoms with Crippen LogP contribution in [0.4, 0.5) is 8.78 Å². The van der Waals surface area contributed by atoms with Gasteiger partial charge in [-0.2, -0.15) is 19.0 Å². The predicted octanol–water partition coefficient (Wildman–Crippen LogP) is 0.653. The normalized spacial score (nSPS) is 12.0. The van der Waals surface area contributed by atoms with Crippen LogP contribution in [0.1, 0.15) is 11.1 Å². The van der Waals surface area contributed by atoms with Crippen molar-refractivity contribution >= 4 is 23.6 Å². The van der Waals surface area contributed by atoms with Gasteiger partial charge >= 0.3 is 6.61 Å². The van der Waals surface area contributed by atoms with Gasteiger partial charge in [-0.15, -0.1) is 0 Å². The minimum Gasteiger partial charge on any atom is -0.435 e. The highest BCUT2D eigenvalue weighted by Crippen LogP contribution is 2.18. The van der Waals surface area contributed by atoms with Crippen LogP contribution in [-0.2, 0) is 9.59 Å². The van der Waals surface area contributed by atoms with Gasteiger partial charge in [-0.25, -0.2) is 5.43 Å². The lowest BCUT2D eigenvalue weighted by Crippen LogP contribution is -2.27. The molecule has 0 saturated heterocycles. The van der Waals surface area contributed by atoms with E-state index in [1.807, 2.05) is 0 Å². The zero-order valence-electron chi connectivity index (χ0n) is 14.4. The Kier molecular flexibility index (Phi) is 7.78. The number of aromatic nitrogens is 2. The van der Waals surface area contributed by atoms with Crippen LogP contribution < -0.4 is 15.5 Å². The third-order valence-corrected chi connectivity index (χ3v) is 3.35. The van der Waals surface area contributed by atoms with Gasteiger partial charge in [0.15, 0.2) is 0 Å². The van der Waals surface area contributed by atoms with Gasteiger partial charge in [0.2, 0.25) is 6.41 Å². The van der Waals surface area contributed by atoms with Crippen molar-refractivity contribution in [1.82, 2.24) is 20.9 Å². The molecule has 0 aliphatic carbocycles. The molecular formula is C17H17F2N5O4. The molecule has 1 aromatic carbocycles. The maximum Gasteiger partial charge on any atom is 0.387 e.